The first-order valence-corrected chi connectivity index (χ1v) is 7.90. The number of likely N-dealkylation sites (tertiary alicyclic amines) is 1. The Morgan fingerprint density at radius 3 is 2.39 bits per heavy atom. The van der Waals surface area contributed by atoms with Gasteiger partial charge in [-0.25, -0.2) is 0 Å². The Kier molecular flexibility index (Phi) is 5.93. The maximum atomic E-state index is 8.93. The Bertz CT molecular complexity index is 221. The second-order valence-electron chi connectivity index (χ2n) is 6.18. The van der Waals surface area contributed by atoms with Crippen molar-refractivity contribution in [3.05, 3.63) is 0 Å². The van der Waals surface area contributed by atoms with E-state index in [1.54, 1.807) is 0 Å². The van der Waals surface area contributed by atoms with E-state index in [2.05, 4.69) is 17.1 Å². The molecule has 0 amide bonds. The Labute approximate surface area is 112 Å². The lowest BCUT2D eigenvalue weighted by molar-refractivity contribution is 0.112. The molecular formula is C15H30N2O. The third-order valence-electron chi connectivity index (χ3n) is 4.70. The van der Waals surface area contributed by atoms with E-state index in [1.807, 2.05) is 0 Å². The zero-order valence-corrected chi connectivity index (χ0v) is 11.9. The number of aliphatic hydroxyl groups is 1. The van der Waals surface area contributed by atoms with E-state index in [1.165, 1.54) is 58.0 Å². The minimum Gasteiger partial charge on any atom is -0.396 e. The monoisotopic (exact) mass is 254 g/mol. The summed E-state index contributed by atoms with van der Waals surface area (Å²) in [5.41, 5.74) is 0. The van der Waals surface area contributed by atoms with Crippen LogP contribution in [0.3, 0.4) is 0 Å². The molecule has 1 unspecified atom stereocenters. The van der Waals surface area contributed by atoms with Crippen molar-refractivity contribution in [1.29, 1.82) is 0 Å². The molecule has 1 aliphatic heterocycles. The van der Waals surface area contributed by atoms with E-state index in [0.717, 1.165) is 12.5 Å². The summed E-state index contributed by atoms with van der Waals surface area (Å²) >= 11 is 0. The van der Waals surface area contributed by atoms with Crippen LogP contribution >= 0.6 is 0 Å². The summed E-state index contributed by atoms with van der Waals surface area (Å²) in [4.78, 5) is 2.73. The molecule has 2 rings (SSSR count). The van der Waals surface area contributed by atoms with Gasteiger partial charge < -0.3 is 15.3 Å². The van der Waals surface area contributed by atoms with Gasteiger partial charge in [-0.2, -0.15) is 0 Å². The molecule has 18 heavy (non-hydrogen) atoms. The molecule has 0 aromatic rings. The third kappa shape index (κ3) is 4.22. The van der Waals surface area contributed by atoms with Crippen LogP contribution in [-0.2, 0) is 0 Å². The highest BCUT2D eigenvalue weighted by atomic mass is 16.3. The topological polar surface area (TPSA) is 35.5 Å². The van der Waals surface area contributed by atoms with Crippen molar-refractivity contribution in [2.75, 3.05) is 19.7 Å². The molecular weight excluding hydrogens is 224 g/mol. The molecule has 0 spiro atoms. The zero-order valence-electron chi connectivity index (χ0n) is 11.9. The van der Waals surface area contributed by atoms with Gasteiger partial charge in [0.05, 0.1) is 0 Å². The predicted octanol–water partition coefficient (Wildman–Crippen LogP) is 2.14. The summed E-state index contributed by atoms with van der Waals surface area (Å²) in [5.74, 6) is 0. The Morgan fingerprint density at radius 2 is 1.78 bits per heavy atom. The number of rotatable bonds is 5. The van der Waals surface area contributed by atoms with Gasteiger partial charge in [-0.1, -0.05) is 19.3 Å². The number of nitrogens with one attached hydrogen (secondary N) is 1. The molecule has 0 aromatic carbocycles. The first kappa shape index (κ1) is 14.3. The van der Waals surface area contributed by atoms with Gasteiger partial charge in [-0.3, -0.25) is 0 Å². The molecule has 2 fully saturated rings. The minimum atomic E-state index is 0.301. The lowest BCUT2D eigenvalue weighted by atomic mass is 9.92. The third-order valence-corrected chi connectivity index (χ3v) is 4.70. The van der Waals surface area contributed by atoms with Crippen LogP contribution in [0.25, 0.3) is 0 Å². The molecule has 1 saturated heterocycles. The summed E-state index contributed by atoms with van der Waals surface area (Å²) in [6, 6.07) is 2.02. The number of hydrogen-bond donors (Lipinski definition) is 2. The van der Waals surface area contributed by atoms with E-state index in [0.29, 0.717) is 18.7 Å². The first-order valence-electron chi connectivity index (χ1n) is 7.90. The van der Waals surface area contributed by atoms with E-state index < -0.39 is 0 Å². The fraction of sp³-hybridized carbons (Fsp3) is 1.00. The predicted molar refractivity (Wildman–Crippen MR) is 75.8 cm³/mol. The van der Waals surface area contributed by atoms with Crippen LogP contribution in [0, 0.1) is 0 Å². The summed E-state index contributed by atoms with van der Waals surface area (Å²) in [7, 11) is 0. The fourth-order valence-electron chi connectivity index (χ4n) is 3.56. The standard InChI is InChI=1S/C15H30N2O/c1-13(9-12-18)16-14-7-10-17(11-8-14)15-5-3-2-4-6-15/h13-16,18H,2-12H2,1H3. The first-order chi connectivity index (χ1) is 8.79. The maximum absolute atomic E-state index is 8.93. The molecule has 0 aromatic heterocycles. The van der Waals surface area contributed by atoms with Gasteiger partial charge in [-0.15, -0.1) is 0 Å². The Morgan fingerprint density at radius 1 is 1.11 bits per heavy atom. The highest BCUT2D eigenvalue weighted by Crippen LogP contribution is 2.25. The van der Waals surface area contributed by atoms with Crippen molar-refractivity contribution in [1.82, 2.24) is 10.2 Å². The number of aliphatic hydroxyl groups excluding tert-OH is 1. The van der Waals surface area contributed by atoms with Crippen molar-refractivity contribution in [3.8, 4) is 0 Å². The average molecular weight is 254 g/mol. The average Bonchev–Trinajstić information content (AvgIpc) is 2.41. The van der Waals surface area contributed by atoms with Gasteiger partial charge in [0.25, 0.3) is 0 Å². The fourth-order valence-corrected chi connectivity index (χ4v) is 3.56. The Balaban J connectivity index is 1.67. The smallest absolute Gasteiger partial charge is 0.0445 e. The molecule has 2 N–H and O–H groups in total. The van der Waals surface area contributed by atoms with Crippen LogP contribution in [0.15, 0.2) is 0 Å². The molecule has 1 saturated carbocycles. The SMILES string of the molecule is CC(CCO)NC1CCN(C2CCCCC2)CC1. The summed E-state index contributed by atoms with van der Waals surface area (Å²) in [5, 5.41) is 12.6. The van der Waals surface area contributed by atoms with E-state index >= 15 is 0 Å². The van der Waals surface area contributed by atoms with Crippen molar-refractivity contribution >= 4 is 0 Å². The number of piperidine rings is 1. The largest absolute Gasteiger partial charge is 0.396 e. The molecule has 3 nitrogen and oxygen atoms in total. The normalized spacial score (nSPS) is 26.3. The summed E-state index contributed by atoms with van der Waals surface area (Å²) in [6.07, 6.45) is 10.6. The highest BCUT2D eigenvalue weighted by molar-refractivity contribution is 4.84. The van der Waals surface area contributed by atoms with Crippen molar-refractivity contribution in [2.45, 2.75) is 76.4 Å². The molecule has 0 radical (unpaired) electrons. The summed E-state index contributed by atoms with van der Waals surface area (Å²) < 4.78 is 0. The van der Waals surface area contributed by atoms with Crippen LogP contribution < -0.4 is 5.32 Å². The molecule has 2 aliphatic rings. The van der Waals surface area contributed by atoms with Gasteiger partial charge >= 0.3 is 0 Å². The van der Waals surface area contributed by atoms with Gasteiger partial charge in [0.15, 0.2) is 0 Å². The maximum Gasteiger partial charge on any atom is 0.0445 e. The van der Waals surface area contributed by atoms with Crippen LogP contribution in [0.4, 0.5) is 0 Å². The van der Waals surface area contributed by atoms with Crippen molar-refractivity contribution in [3.63, 3.8) is 0 Å². The van der Waals surface area contributed by atoms with Crippen LogP contribution in [0.5, 0.6) is 0 Å². The molecule has 3 heteroatoms. The molecule has 0 bridgehead atoms. The molecule has 1 heterocycles. The quantitative estimate of drug-likeness (QED) is 0.789. The molecule has 1 aliphatic carbocycles. The lowest BCUT2D eigenvalue weighted by Gasteiger charge is -2.40. The lowest BCUT2D eigenvalue weighted by Crippen LogP contribution is -2.49. The van der Waals surface area contributed by atoms with Gasteiger partial charge in [0.1, 0.15) is 0 Å². The number of nitrogens with zero attached hydrogens (tertiary/aromatic N) is 1. The zero-order chi connectivity index (χ0) is 12.8. The van der Waals surface area contributed by atoms with Crippen LogP contribution in [0.2, 0.25) is 0 Å². The summed E-state index contributed by atoms with van der Waals surface area (Å²) in [6.45, 7) is 5.03. The van der Waals surface area contributed by atoms with Crippen LogP contribution in [0.1, 0.15) is 58.3 Å². The van der Waals surface area contributed by atoms with Crippen molar-refractivity contribution < 1.29 is 5.11 Å². The van der Waals surface area contributed by atoms with Gasteiger partial charge in [-0.05, 0) is 52.1 Å². The second kappa shape index (κ2) is 7.46. The molecule has 1 atom stereocenters. The second-order valence-corrected chi connectivity index (χ2v) is 6.18. The van der Waals surface area contributed by atoms with Gasteiger partial charge in [0.2, 0.25) is 0 Å². The van der Waals surface area contributed by atoms with E-state index in [9.17, 15) is 0 Å². The van der Waals surface area contributed by atoms with Crippen molar-refractivity contribution in [2.24, 2.45) is 0 Å². The van der Waals surface area contributed by atoms with E-state index in [-0.39, 0.29) is 0 Å². The molecule has 106 valence electrons. The van der Waals surface area contributed by atoms with E-state index in [4.69, 9.17) is 5.11 Å². The van der Waals surface area contributed by atoms with Crippen LogP contribution in [-0.4, -0.2) is 47.8 Å². The van der Waals surface area contributed by atoms with Gasteiger partial charge in [0, 0.05) is 24.7 Å². The number of hydrogen-bond acceptors (Lipinski definition) is 3. The highest BCUT2D eigenvalue weighted by Gasteiger charge is 2.26. The Hall–Kier alpha value is -0.120. The minimum absolute atomic E-state index is 0.301.